The van der Waals surface area contributed by atoms with Gasteiger partial charge in [-0.1, -0.05) is 0 Å². The minimum absolute atomic E-state index is 0.0777. The molecule has 9 heteroatoms. The highest BCUT2D eigenvalue weighted by Gasteiger charge is 2.31. The lowest BCUT2D eigenvalue weighted by atomic mass is 10.1. The Kier molecular flexibility index (Phi) is 4.87. The fourth-order valence-electron chi connectivity index (χ4n) is 3.77. The van der Waals surface area contributed by atoms with E-state index in [1.165, 1.54) is 18.4 Å². The van der Waals surface area contributed by atoms with E-state index in [2.05, 4.69) is 11.1 Å². The number of nitrogens with two attached hydrogens (primary N) is 1. The molecule has 0 atom stereocenters. The maximum Gasteiger partial charge on any atom is 0.203 e. The van der Waals surface area contributed by atoms with Crippen LogP contribution >= 0.6 is 11.3 Å². The average molecular weight is 424 g/mol. The lowest BCUT2D eigenvalue weighted by molar-refractivity contribution is -0.117. The van der Waals surface area contributed by atoms with Gasteiger partial charge in [0.15, 0.2) is 17.3 Å². The van der Waals surface area contributed by atoms with Gasteiger partial charge < -0.3 is 24.8 Å². The summed E-state index contributed by atoms with van der Waals surface area (Å²) >= 11 is 1.48. The number of ether oxygens (including phenoxy) is 3. The van der Waals surface area contributed by atoms with Gasteiger partial charge in [0, 0.05) is 29.1 Å². The van der Waals surface area contributed by atoms with Crippen LogP contribution in [0.5, 0.6) is 17.2 Å². The summed E-state index contributed by atoms with van der Waals surface area (Å²) in [5.41, 5.74) is 9.42. The molecule has 0 fully saturated rings. The third-order valence-corrected chi connectivity index (χ3v) is 6.46. The number of fused-ring (bicyclic) bond motifs is 3. The molecule has 3 heterocycles. The van der Waals surface area contributed by atoms with Crippen molar-refractivity contribution >= 4 is 44.5 Å². The van der Waals surface area contributed by atoms with Crippen LogP contribution < -0.4 is 24.8 Å². The summed E-state index contributed by atoms with van der Waals surface area (Å²) in [7, 11) is 4.63. The van der Waals surface area contributed by atoms with Gasteiger partial charge in [-0.2, -0.15) is 5.26 Å². The Balaban J connectivity index is 1.99. The number of anilines is 3. The third kappa shape index (κ3) is 2.88. The zero-order valence-corrected chi connectivity index (χ0v) is 17.8. The molecule has 2 N–H and O–H groups in total. The number of pyridine rings is 1. The number of methoxy groups -OCH3 is 3. The van der Waals surface area contributed by atoms with Crippen LogP contribution in [0.25, 0.3) is 10.2 Å². The van der Waals surface area contributed by atoms with Gasteiger partial charge in [-0.25, -0.2) is 4.98 Å². The number of nitrogen functional groups attached to an aromatic ring is 1. The maximum absolute atomic E-state index is 12.6. The van der Waals surface area contributed by atoms with E-state index in [0.717, 1.165) is 20.8 Å². The van der Waals surface area contributed by atoms with E-state index >= 15 is 0 Å². The number of Topliss-reactive ketones (excluding diaryl/α,β-unsaturated/α-hetero) is 1. The molecule has 1 aliphatic rings. The van der Waals surface area contributed by atoms with Crippen molar-refractivity contribution in [3.05, 3.63) is 28.1 Å². The van der Waals surface area contributed by atoms with Crippen LogP contribution in [0.2, 0.25) is 0 Å². The molecule has 1 aromatic carbocycles. The van der Waals surface area contributed by atoms with E-state index in [1.807, 2.05) is 11.8 Å². The SMILES string of the molecule is COc1cc(N2CC(=O)Cc3sc4c(C)c(C#N)c(N)nc4c32)cc(OC)c1OC. The molecule has 4 rings (SSSR count). The first kappa shape index (κ1) is 19.8. The number of ketones is 1. The molecule has 0 aliphatic carbocycles. The standard InChI is InChI=1S/C21H20N4O4S/c1-10-13(8-22)21(23)24-17-18-16(30-20(10)17)7-12(26)9-25(18)11-5-14(27-2)19(29-4)15(6-11)28-3/h5-6H,7,9H2,1-4H3,(H2,23,24). The first-order valence-electron chi connectivity index (χ1n) is 9.14. The number of carbonyl (C=O) groups is 1. The molecule has 2 aromatic heterocycles. The van der Waals surface area contributed by atoms with E-state index < -0.39 is 0 Å². The second kappa shape index (κ2) is 7.39. The van der Waals surface area contributed by atoms with Crippen molar-refractivity contribution in [2.75, 3.05) is 38.5 Å². The van der Waals surface area contributed by atoms with E-state index in [4.69, 9.17) is 19.9 Å². The minimum Gasteiger partial charge on any atom is -0.493 e. The summed E-state index contributed by atoms with van der Waals surface area (Å²) in [6.45, 7) is 2.03. The smallest absolute Gasteiger partial charge is 0.203 e. The van der Waals surface area contributed by atoms with Crippen molar-refractivity contribution in [3.8, 4) is 23.3 Å². The summed E-state index contributed by atoms with van der Waals surface area (Å²) in [6, 6.07) is 5.72. The Hall–Kier alpha value is -3.51. The molecule has 0 amide bonds. The molecule has 0 bridgehead atoms. The zero-order valence-electron chi connectivity index (χ0n) is 17.0. The fourth-order valence-corrected chi connectivity index (χ4v) is 5.05. The topological polar surface area (TPSA) is 111 Å². The highest BCUT2D eigenvalue weighted by Crippen LogP contribution is 2.48. The van der Waals surface area contributed by atoms with Gasteiger partial charge in [0.2, 0.25) is 5.75 Å². The number of nitriles is 1. The number of rotatable bonds is 4. The summed E-state index contributed by atoms with van der Waals surface area (Å²) in [6.07, 6.45) is 0.318. The Morgan fingerprint density at radius 1 is 1.20 bits per heavy atom. The Labute approximate surface area is 177 Å². The van der Waals surface area contributed by atoms with Gasteiger partial charge in [-0.05, 0) is 12.5 Å². The van der Waals surface area contributed by atoms with E-state index in [9.17, 15) is 10.1 Å². The van der Waals surface area contributed by atoms with Gasteiger partial charge in [0.25, 0.3) is 0 Å². The molecular weight excluding hydrogens is 404 g/mol. The van der Waals surface area contributed by atoms with Crippen LogP contribution in [0.3, 0.4) is 0 Å². The molecule has 154 valence electrons. The van der Waals surface area contributed by atoms with Crippen LogP contribution in [0.4, 0.5) is 17.2 Å². The largest absolute Gasteiger partial charge is 0.493 e. The van der Waals surface area contributed by atoms with E-state index in [-0.39, 0.29) is 18.1 Å². The minimum atomic E-state index is 0.0777. The molecule has 1 aliphatic heterocycles. The number of benzene rings is 1. The number of hydrogen-bond donors (Lipinski definition) is 1. The molecule has 0 saturated carbocycles. The summed E-state index contributed by atoms with van der Waals surface area (Å²) in [5.74, 6) is 1.71. The van der Waals surface area contributed by atoms with Gasteiger partial charge >= 0.3 is 0 Å². The van der Waals surface area contributed by atoms with Crippen LogP contribution in [-0.2, 0) is 11.2 Å². The number of hydrogen-bond acceptors (Lipinski definition) is 9. The molecule has 0 saturated heterocycles. The number of aromatic nitrogens is 1. The van der Waals surface area contributed by atoms with Crippen molar-refractivity contribution in [1.82, 2.24) is 4.98 Å². The van der Waals surface area contributed by atoms with Crippen molar-refractivity contribution in [3.63, 3.8) is 0 Å². The molecular formula is C21H20N4O4S. The molecule has 0 radical (unpaired) electrons. The van der Waals surface area contributed by atoms with Gasteiger partial charge in [0.1, 0.15) is 17.4 Å². The fraction of sp³-hybridized carbons (Fsp3) is 0.286. The lowest BCUT2D eigenvalue weighted by Crippen LogP contribution is -2.31. The molecule has 8 nitrogen and oxygen atoms in total. The third-order valence-electron chi connectivity index (χ3n) is 5.17. The van der Waals surface area contributed by atoms with Crippen molar-refractivity contribution in [2.24, 2.45) is 0 Å². The Morgan fingerprint density at radius 2 is 1.87 bits per heavy atom. The average Bonchev–Trinajstić information content (AvgIpc) is 3.10. The van der Waals surface area contributed by atoms with Gasteiger partial charge in [0.05, 0.1) is 43.8 Å². The first-order chi connectivity index (χ1) is 14.4. The van der Waals surface area contributed by atoms with Crippen molar-refractivity contribution in [2.45, 2.75) is 13.3 Å². The zero-order chi connectivity index (χ0) is 21.6. The Bertz CT molecular complexity index is 1200. The molecule has 30 heavy (non-hydrogen) atoms. The maximum atomic E-state index is 12.6. The highest BCUT2D eigenvalue weighted by atomic mass is 32.1. The van der Waals surface area contributed by atoms with Crippen LogP contribution in [0, 0.1) is 18.3 Å². The quantitative estimate of drug-likeness (QED) is 0.679. The normalized spacial score (nSPS) is 13.2. The second-order valence-corrected chi connectivity index (χ2v) is 7.95. The van der Waals surface area contributed by atoms with E-state index in [0.29, 0.717) is 40.4 Å². The predicted octanol–water partition coefficient (Wildman–Crippen LogP) is 3.35. The number of aryl methyl sites for hydroxylation is 1. The highest BCUT2D eigenvalue weighted by molar-refractivity contribution is 7.20. The number of carbonyl (C=O) groups excluding carboxylic acids is 1. The lowest BCUT2D eigenvalue weighted by Gasteiger charge is -2.29. The molecule has 0 unspecified atom stereocenters. The van der Waals surface area contributed by atoms with Crippen molar-refractivity contribution in [1.29, 1.82) is 5.26 Å². The van der Waals surface area contributed by atoms with Gasteiger partial charge in [-0.3, -0.25) is 4.79 Å². The monoisotopic (exact) mass is 424 g/mol. The predicted molar refractivity (Wildman–Crippen MR) is 115 cm³/mol. The first-order valence-corrected chi connectivity index (χ1v) is 9.95. The Morgan fingerprint density at radius 3 is 2.43 bits per heavy atom. The van der Waals surface area contributed by atoms with E-state index in [1.54, 1.807) is 26.4 Å². The number of thiophene rings is 1. The van der Waals surface area contributed by atoms with Crippen LogP contribution in [-0.4, -0.2) is 38.6 Å². The number of nitrogens with zero attached hydrogens (tertiary/aromatic N) is 3. The summed E-state index contributed by atoms with van der Waals surface area (Å²) in [5, 5.41) is 9.43. The second-order valence-electron chi connectivity index (χ2n) is 6.85. The summed E-state index contributed by atoms with van der Waals surface area (Å²) in [4.78, 5) is 19.9. The van der Waals surface area contributed by atoms with Crippen LogP contribution in [0.15, 0.2) is 12.1 Å². The summed E-state index contributed by atoms with van der Waals surface area (Å²) < 4.78 is 17.2. The molecule has 0 spiro atoms. The molecule has 3 aromatic rings. The van der Waals surface area contributed by atoms with Gasteiger partial charge in [-0.15, -0.1) is 11.3 Å². The van der Waals surface area contributed by atoms with Crippen molar-refractivity contribution < 1.29 is 19.0 Å². The van der Waals surface area contributed by atoms with Crippen LogP contribution in [0.1, 0.15) is 16.0 Å².